The van der Waals surface area contributed by atoms with Crippen LogP contribution in [0.15, 0.2) is 27.8 Å². The average molecular weight is 309 g/mol. The van der Waals surface area contributed by atoms with Crippen molar-refractivity contribution in [2.75, 3.05) is 5.73 Å². The fourth-order valence-corrected chi connectivity index (χ4v) is 2.97. The molecule has 2 aromatic rings. The first-order chi connectivity index (χ1) is 9.88. The summed E-state index contributed by atoms with van der Waals surface area (Å²) in [6.45, 7) is 1.33. The van der Waals surface area contributed by atoms with Crippen LogP contribution in [0.2, 0.25) is 0 Å². The van der Waals surface area contributed by atoms with E-state index in [9.17, 15) is 13.2 Å². The summed E-state index contributed by atoms with van der Waals surface area (Å²) in [5, 5.41) is 0.961. The van der Waals surface area contributed by atoms with Crippen LogP contribution in [0, 0.1) is 0 Å². The summed E-state index contributed by atoms with van der Waals surface area (Å²) < 4.78 is 30.0. The van der Waals surface area contributed by atoms with Crippen molar-refractivity contribution in [1.82, 2.24) is 10.3 Å². The number of anilines is 1. The molecule has 1 unspecified atom stereocenters. The topological polar surface area (TPSA) is 115 Å². The second-order valence-corrected chi connectivity index (χ2v) is 7.32. The molecule has 3 rings (SSSR count). The van der Waals surface area contributed by atoms with Gasteiger partial charge in [0.15, 0.2) is 5.58 Å². The number of oxazole rings is 1. The maximum atomic E-state index is 12.4. The quantitative estimate of drug-likeness (QED) is 0.809. The van der Waals surface area contributed by atoms with Gasteiger partial charge >= 0.3 is 5.22 Å². The van der Waals surface area contributed by atoms with Gasteiger partial charge < -0.3 is 15.5 Å². The second-order valence-electron chi connectivity index (χ2n) is 5.18. The van der Waals surface area contributed by atoms with E-state index in [-0.39, 0.29) is 6.04 Å². The first-order valence-electron chi connectivity index (χ1n) is 6.58. The molecule has 1 heterocycles. The number of nitrogens with zero attached hydrogens (tertiary/aromatic N) is 1. The summed E-state index contributed by atoms with van der Waals surface area (Å²) in [5.74, 6) is -0.528. The first-order valence-corrected chi connectivity index (χ1v) is 8.13. The number of benzene rings is 1. The van der Waals surface area contributed by atoms with Crippen LogP contribution in [0.4, 0.5) is 5.69 Å². The number of fused-ring (bicyclic) bond motifs is 1. The van der Waals surface area contributed by atoms with E-state index in [1.807, 2.05) is 0 Å². The number of nitrogens with one attached hydrogen (secondary N) is 1. The van der Waals surface area contributed by atoms with Crippen LogP contribution in [-0.4, -0.2) is 30.6 Å². The van der Waals surface area contributed by atoms with Crippen molar-refractivity contribution in [1.29, 1.82) is 0 Å². The van der Waals surface area contributed by atoms with Crippen molar-refractivity contribution in [3.8, 4) is 0 Å². The van der Waals surface area contributed by atoms with Crippen LogP contribution < -0.4 is 11.1 Å². The second kappa shape index (κ2) is 4.73. The Morgan fingerprint density at radius 2 is 2.19 bits per heavy atom. The number of carbonyl (C=O) groups excluding carboxylic acids is 1. The summed E-state index contributed by atoms with van der Waals surface area (Å²) >= 11 is 0. The molecule has 1 aromatic carbocycles. The van der Waals surface area contributed by atoms with Gasteiger partial charge in [-0.3, -0.25) is 4.79 Å². The minimum absolute atomic E-state index is 0.0959. The molecule has 0 aliphatic heterocycles. The van der Waals surface area contributed by atoms with E-state index in [0.717, 1.165) is 12.8 Å². The molecule has 1 aliphatic carbocycles. The number of hydrogen-bond acceptors (Lipinski definition) is 6. The van der Waals surface area contributed by atoms with Crippen LogP contribution in [0.5, 0.6) is 0 Å². The Bertz CT molecular complexity index is 808. The number of amides is 1. The molecule has 112 valence electrons. The average Bonchev–Trinajstić information content (AvgIpc) is 3.13. The molecule has 21 heavy (non-hydrogen) atoms. The Morgan fingerprint density at radius 1 is 1.48 bits per heavy atom. The highest BCUT2D eigenvalue weighted by Gasteiger charge is 2.36. The third kappa shape index (κ3) is 2.58. The fraction of sp³-hybridized carbons (Fsp3) is 0.385. The summed E-state index contributed by atoms with van der Waals surface area (Å²) in [7, 11) is -3.96. The van der Waals surface area contributed by atoms with Gasteiger partial charge in [-0.05, 0) is 38.0 Å². The van der Waals surface area contributed by atoms with Gasteiger partial charge in [0.1, 0.15) is 10.8 Å². The Morgan fingerprint density at radius 3 is 2.86 bits per heavy atom. The van der Waals surface area contributed by atoms with E-state index < -0.39 is 26.2 Å². The lowest BCUT2D eigenvalue weighted by atomic mass is 10.3. The van der Waals surface area contributed by atoms with Gasteiger partial charge in [0.2, 0.25) is 15.7 Å². The number of aromatic nitrogens is 1. The lowest BCUT2D eigenvalue weighted by Crippen LogP contribution is -2.39. The van der Waals surface area contributed by atoms with Crippen LogP contribution in [-0.2, 0) is 14.6 Å². The van der Waals surface area contributed by atoms with Gasteiger partial charge in [-0.25, -0.2) is 8.42 Å². The summed E-state index contributed by atoms with van der Waals surface area (Å²) in [4.78, 5) is 15.8. The molecule has 0 radical (unpaired) electrons. The molecule has 1 amide bonds. The lowest BCUT2D eigenvalue weighted by Gasteiger charge is -2.10. The molecule has 3 N–H and O–H groups in total. The molecule has 8 heteroatoms. The monoisotopic (exact) mass is 309 g/mol. The molecular formula is C13H15N3O4S. The van der Waals surface area contributed by atoms with Gasteiger partial charge in [-0.15, -0.1) is 0 Å². The highest BCUT2D eigenvalue weighted by atomic mass is 32.2. The predicted molar refractivity (Wildman–Crippen MR) is 76.2 cm³/mol. The number of carbonyl (C=O) groups is 1. The molecule has 1 atom stereocenters. The molecule has 1 fully saturated rings. The number of sulfone groups is 1. The number of nitrogens with two attached hydrogens (primary N) is 1. The van der Waals surface area contributed by atoms with E-state index >= 15 is 0 Å². The van der Waals surface area contributed by atoms with E-state index in [1.165, 1.54) is 13.0 Å². The Kier molecular flexibility index (Phi) is 3.12. The highest BCUT2D eigenvalue weighted by molar-refractivity contribution is 7.92. The maximum absolute atomic E-state index is 12.4. The van der Waals surface area contributed by atoms with Crippen molar-refractivity contribution in [3.05, 3.63) is 18.2 Å². The van der Waals surface area contributed by atoms with E-state index in [1.54, 1.807) is 12.1 Å². The van der Waals surface area contributed by atoms with Crippen LogP contribution >= 0.6 is 0 Å². The third-order valence-electron chi connectivity index (χ3n) is 3.39. The molecule has 7 nitrogen and oxygen atoms in total. The minimum Gasteiger partial charge on any atom is -0.428 e. The summed E-state index contributed by atoms with van der Waals surface area (Å²) in [6.07, 6.45) is 1.78. The smallest absolute Gasteiger partial charge is 0.316 e. The van der Waals surface area contributed by atoms with Crippen molar-refractivity contribution in [2.24, 2.45) is 0 Å². The minimum atomic E-state index is -3.96. The Labute approximate surface area is 121 Å². The van der Waals surface area contributed by atoms with Gasteiger partial charge in [0.25, 0.3) is 0 Å². The van der Waals surface area contributed by atoms with E-state index in [4.69, 9.17) is 10.2 Å². The molecule has 1 aromatic heterocycles. The first kappa shape index (κ1) is 13.9. The molecular weight excluding hydrogens is 294 g/mol. The normalized spacial score (nSPS) is 16.8. The molecule has 0 spiro atoms. The number of hydrogen-bond donors (Lipinski definition) is 2. The Hall–Kier alpha value is -2.09. The highest BCUT2D eigenvalue weighted by Crippen LogP contribution is 2.24. The summed E-state index contributed by atoms with van der Waals surface area (Å²) in [5.41, 5.74) is 6.74. The number of nitrogen functional groups attached to an aromatic ring is 1. The van der Waals surface area contributed by atoms with Crippen molar-refractivity contribution in [3.63, 3.8) is 0 Å². The zero-order chi connectivity index (χ0) is 15.2. The van der Waals surface area contributed by atoms with Crippen molar-refractivity contribution in [2.45, 2.75) is 36.3 Å². The van der Waals surface area contributed by atoms with Crippen LogP contribution in [0.1, 0.15) is 19.8 Å². The van der Waals surface area contributed by atoms with Gasteiger partial charge in [0, 0.05) is 11.7 Å². The molecule has 1 saturated carbocycles. The Balaban J connectivity index is 1.92. The summed E-state index contributed by atoms with van der Waals surface area (Å²) in [6, 6.07) is 4.75. The molecule has 0 saturated heterocycles. The lowest BCUT2D eigenvalue weighted by molar-refractivity contribution is -0.120. The van der Waals surface area contributed by atoms with E-state index in [0.29, 0.717) is 16.8 Å². The van der Waals surface area contributed by atoms with Crippen molar-refractivity contribution >= 4 is 32.5 Å². The van der Waals surface area contributed by atoms with Crippen molar-refractivity contribution < 1.29 is 17.6 Å². The maximum Gasteiger partial charge on any atom is 0.316 e. The van der Waals surface area contributed by atoms with Crippen LogP contribution in [0.25, 0.3) is 11.1 Å². The fourth-order valence-electron chi connectivity index (χ4n) is 1.88. The third-order valence-corrected chi connectivity index (χ3v) is 5.20. The zero-order valence-electron chi connectivity index (χ0n) is 11.4. The van der Waals surface area contributed by atoms with Gasteiger partial charge in [-0.1, -0.05) is 0 Å². The molecule has 1 aliphatic rings. The standard InChI is InChI=1S/C13H15N3O4S/c1-7(12(17)15-9-3-4-9)21(18,19)13-16-10-6-8(14)2-5-11(10)20-13/h2,5-7,9H,3-4,14H2,1H3,(H,15,17). The SMILES string of the molecule is CC(C(=O)NC1CC1)S(=O)(=O)c1nc2cc(N)ccc2o1. The predicted octanol–water partition coefficient (Wildman–Crippen LogP) is 0.851. The van der Waals surface area contributed by atoms with Gasteiger partial charge in [-0.2, -0.15) is 4.98 Å². The zero-order valence-corrected chi connectivity index (χ0v) is 12.2. The van der Waals surface area contributed by atoms with Gasteiger partial charge in [0.05, 0.1) is 0 Å². The van der Waals surface area contributed by atoms with Crippen LogP contribution in [0.3, 0.4) is 0 Å². The molecule has 0 bridgehead atoms. The number of rotatable bonds is 4. The van der Waals surface area contributed by atoms with E-state index in [2.05, 4.69) is 10.3 Å². The largest absolute Gasteiger partial charge is 0.428 e.